The minimum atomic E-state index is -0.819. The first kappa shape index (κ1) is 9.92. The first-order chi connectivity index (χ1) is 6.13. The molecule has 0 aliphatic heterocycles. The van der Waals surface area contributed by atoms with E-state index in [0.717, 1.165) is 10.5 Å². The molecule has 1 aromatic rings. The maximum absolute atomic E-state index is 10.5. The van der Waals surface area contributed by atoms with Crippen LogP contribution in [0.4, 0.5) is 5.69 Å². The van der Waals surface area contributed by atoms with Gasteiger partial charge in [-0.15, -0.1) is 11.8 Å². The second kappa shape index (κ2) is 4.18. The van der Waals surface area contributed by atoms with E-state index in [2.05, 4.69) is 0 Å². The third-order valence-electron chi connectivity index (χ3n) is 1.65. The van der Waals surface area contributed by atoms with Gasteiger partial charge in [0.25, 0.3) is 0 Å². The van der Waals surface area contributed by atoms with Gasteiger partial charge >= 0.3 is 5.97 Å². The summed E-state index contributed by atoms with van der Waals surface area (Å²) in [6.07, 6.45) is 1.95. The highest BCUT2D eigenvalue weighted by atomic mass is 32.2. The standard InChI is InChI=1S/C9H11NO2S/c1-13-8-5-7(10)3-2-6(8)4-9(11)12/h2-3,5H,4,10H2,1H3,(H,11,12). The summed E-state index contributed by atoms with van der Waals surface area (Å²) in [5.41, 5.74) is 7.05. The van der Waals surface area contributed by atoms with Gasteiger partial charge in [0.15, 0.2) is 0 Å². The van der Waals surface area contributed by atoms with E-state index in [1.807, 2.05) is 6.26 Å². The molecule has 0 heterocycles. The monoisotopic (exact) mass is 197 g/mol. The van der Waals surface area contributed by atoms with Gasteiger partial charge in [-0.2, -0.15) is 0 Å². The Labute approximate surface area is 80.9 Å². The fraction of sp³-hybridized carbons (Fsp3) is 0.222. The Morgan fingerprint density at radius 2 is 2.31 bits per heavy atom. The summed E-state index contributed by atoms with van der Waals surface area (Å²) >= 11 is 1.51. The normalized spacial score (nSPS) is 9.92. The molecule has 0 amide bonds. The van der Waals surface area contributed by atoms with E-state index >= 15 is 0 Å². The molecular formula is C9H11NO2S. The van der Waals surface area contributed by atoms with Gasteiger partial charge in [0.05, 0.1) is 6.42 Å². The van der Waals surface area contributed by atoms with Gasteiger partial charge in [0.1, 0.15) is 0 Å². The molecule has 4 heteroatoms. The summed E-state index contributed by atoms with van der Waals surface area (Å²) in [4.78, 5) is 11.4. The van der Waals surface area contributed by atoms with Crippen LogP contribution in [0.2, 0.25) is 0 Å². The van der Waals surface area contributed by atoms with E-state index in [-0.39, 0.29) is 6.42 Å². The summed E-state index contributed by atoms with van der Waals surface area (Å²) in [5.74, 6) is -0.819. The highest BCUT2D eigenvalue weighted by Gasteiger charge is 2.05. The third-order valence-corrected chi connectivity index (χ3v) is 2.47. The second-order valence-corrected chi connectivity index (χ2v) is 3.49. The van der Waals surface area contributed by atoms with Crippen molar-refractivity contribution in [2.75, 3.05) is 12.0 Å². The molecule has 0 saturated carbocycles. The number of thioether (sulfide) groups is 1. The number of hydrogen-bond acceptors (Lipinski definition) is 3. The van der Waals surface area contributed by atoms with Gasteiger partial charge < -0.3 is 10.8 Å². The highest BCUT2D eigenvalue weighted by Crippen LogP contribution is 2.23. The van der Waals surface area contributed by atoms with E-state index in [9.17, 15) is 4.79 Å². The number of carboxylic acids is 1. The zero-order valence-electron chi connectivity index (χ0n) is 7.28. The van der Waals surface area contributed by atoms with Crippen molar-refractivity contribution in [3.05, 3.63) is 23.8 Å². The zero-order valence-corrected chi connectivity index (χ0v) is 8.10. The van der Waals surface area contributed by atoms with Gasteiger partial charge in [-0.3, -0.25) is 4.79 Å². The molecule has 0 saturated heterocycles. The van der Waals surface area contributed by atoms with E-state index in [0.29, 0.717) is 5.69 Å². The number of aliphatic carboxylic acids is 1. The maximum atomic E-state index is 10.5. The third kappa shape index (κ3) is 2.66. The molecule has 0 unspecified atom stereocenters. The molecule has 0 aliphatic carbocycles. The van der Waals surface area contributed by atoms with Crippen LogP contribution in [-0.4, -0.2) is 17.3 Å². The molecule has 0 radical (unpaired) electrons. The second-order valence-electron chi connectivity index (χ2n) is 2.64. The molecule has 1 aromatic carbocycles. The summed E-state index contributed by atoms with van der Waals surface area (Å²) in [7, 11) is 0. The molecule has 3 N–H and O–H groups in total. The Bertz CT molecular complexity index is 325. The topological polar surface area (TPSA) is 63.3 Å². The number of hydrogen-bond donors (Lipinski definition) is 2. The summed E-state index contributed by atoms with van der Waals surface area (Å²) in [6.45, 7) is 0. The smallest absolute Gasteiger partial charge is 0.307 e. The van der Waals surface area contributed by atoms with Gasteiger partial charge in [-0.05, 0) is 24.0 Å². The summed E-state index contributed by atoms with van der Waals surface area (Å²) in [6, 6.07) is 5.27. The Kier molecular flexibility index (Phi) is 3.19. The average Bonchev–Trinajstić information content (AvgIpc) is 2.07. The molecule has 70 valence electrons. The number of nitrogens with two attached hydrogens (primary N) is 1. The minimum absolute atomic E-state index is 0.0520. The largest absolute Gasteiger partial charge is 0.481 e. The number of benzene rings is 1. The van der Waals surface area contributed by atoms with Crippen molar-refractivity contribution in [1.82, 2.24) is 0 Å². The van der Waals surface area contributed by atoms with E-state index in [1.165, 1.54) is 11.8 Å². The predicted octanol–water partition coefficient (Wildman–Crippen LogP) is 1.62. The van der Waals surface area contributed by atoms with Crippen LogP contribution >= 0.6 is 11.8 Å². The van der Waals surface area contributed by atoms with Gasteiger partial charge in [-0.1, -0.05) is 6.07 Å². The molecule has 0 atom stereocenters. The Balaban J connectivity index is 2.99. The number of rotatable bonds is 3. The quantitative estimate of drug-likeness (QED) is 0.571. The Hall–Kier alpha value is -1.16. The number of carboxylic acid groups (broad SMARTS) is 1. The van der Waals surface area contributed by atoms with Crippen molar-refractivity contribution in [2.45, 2.75) is 11.3 Å². The van der Waals surface area contributed by atoms with Crippen molar-refractivity contribution < 1.29 is 9.90 Å². The molecule has 0 spiro atoms. The van der Waals surface area contributed by atoms with Crippen molar-refractivity contribution in [3.8, 4) is 0 Å². The number of anilines is 1. The highest BCUT2D eigenvalue weighted by molar-refractivity contribution is 7.98. The lowest BCUT2D eigenvalue weighted by Crippen LogP contribution is -2.01. The van der Waals surface area contributed by atoms with Crippen LogP contribution < -0.4 is 5.73 Å². The van der Waals surface area contributed by atoms with Crippen molar-refractivity contribution in [2.24, 2.45) is 0 Å². The molecule has 0 aromatic heterocycles. The maximum Gasteiger partial charge on any atom is 0.307 e. The number of carbonyl (C=O) groups is 1. The molecule has 0 fully saturated rings. The van der Waals surface area contributed by atoms with Crippen LogP contribution in [0.5, 0.6) is 0 Å². The SMILES string of the molecule is CSc1cc(N)ccc1CC(=O)O. The predicted molar refractivity (Wildman–Crippen MR) is 54.0 cm³/mol. The average molecular weight is 197 g/mol. The van der Waals surface area contributed by atoms with Gasteiger partial charge in [0, 0.05) is 10.6 Å². The van der Waals surface area contributed by atoms with Gasteiger partial charge in [0.2, 0.25) is 0 Å². The van der Waals surface area contributed by atoms with Crippen molar-refractivity contribution in [3.63, 3.8) is 0 Å². The van der Waals surface area contributed by atoms with Crippen LogP contribution in [0.25, 0.3) is 0 Å². The lowest BCUT2D eigenvalue weighted by molar-refractivity contribution is -0.136. The zero-order chi connectivity index (χ0) is 9.84. The van der Waals surface area contributed by atoms with Crippen molar-refractivity contribution >= 4 is 23.4 Å². The molecule has 3 nitrogen and oxygen atoms in total. The van der Waals surface area contributed by atoms with Crippen LogP contribution in [0.3, 0.4) is 0 Å². The lowest BCUT2D eigenvalue weighted by Gasteiger charge is -2.05. The Morgan fingerprint density at radius 3 is 2.85 bits per heavy atom. The van der Waals surface area contributed by atoms with E-state index in [4.69, 9.17) is 10.8 Å². The fourth-order valence-electron chi connectivity index (χ4n) is 1.07. The van der Waals surface area contributed by atoms with Crippen LogP contribution in [-0.2, 0) is 11.2 Å². The molecule has 1 rings (SSSR count). The Morgan fingerprint density at radius 1 is 1.62 bits per heavy atom. The summed E-state index contributed by atoms with van der Waals surface area (Å²) in [5, 5.41) is 8.62. The molecular weight excluding hydrogens is 186 g/mol. The lowest BCUT2D eigenvalue weighted by atomic mass is 10.1. The van der Waals surface area contributed by atoms with Crippen LogP contribution in [0.1, 0.15) is 5.56 Å². The molecule has 13 heavy (non-hydrogen) atoms. The van der Waals surface area contributed by atoms with Crippen LogP contribution in [0, 0.1) is 0 Å². The van der Waals surface area contributed by atoms with E-state index < -0.39 is 5.97 Å². The first-order valence-corrected chi connectivity index (χ1v) is 5.00. The molecule has 0 aliphatic rings. The summed E-state index contributed by atoms with van der Waals surface area (Å²) < 4.78 is 0. The minimum Gasteiger partial charge on any atom is -0.481 e. The fourth-order valence-corrected chi connectivity index (χ4v) is 1.73. The first-order valence-electron chi connectivity index (χ1n) is 3.77. The number of nitrogen functional groups attached to an aromatic ring is 1. The van der Waals surface area contributed by atoms with E-state index in [1.54, 1.807) is 18.2 Å². The van der Waals surface area contributed by atoms with Crippen molar-refractivity contribution in [1.29, 1.82) is 0 Å². The molecule has 0 bridgehead atoms. The van der Waals surface area contributed by atoms with Crippen LogP contribution in [0.15, 0.2) is 23.1 Å². The van der Waals surface area contributed by atoms with Gasteiger partial charge in [-0.25, -0.2) is 0 Å².